The summed E-state index contributed by atoms with van der Waals surface area (Å²) in [6.07, 6.45) is -7.31. The summed E-state index contributed by atoms with van der Waals surface area (Å²) in [4.78, 5) is 11.6. The van der Waals surface area contributed by atoms with Crippen molar-refractivity contribution in [2.24, 2.45) is 0 Å². The monoisotopic (exact) mass is 437 g/mol. The summed E-state index contributed by atoms with van der Waals surface area (Å²) in [6.45, 7) is -0.875. The highest BCUT2D eigenvalue weighted by Crippen LogP contribution is 2.21. The van der Waals surface area contributed by atoms with Gasteiger partial charge in [-0.2, -0.15) is 13.2 Å². The third-order valence-electron chi connectivity index (χ3n) is 2.01. The van der Waals surface area contributed by atoms with Gasteiger partial charge >= 0.3 is 6.18 Å². The second-order valence-corrected chi connectivity index (χ2v) is 5.49. The van der Waals surface area contributed by atoms with Gasteiger partial charge in [0.1, 0.15) is 0 Å². The predicted molar refractivity (Wildman–Crippen MR) is 71.3 cm³/mol. The topological polar surface area (TPSA) is 49.3 Å². The third kappa shape index (κ3) is 4.39. The van der Waals surface area contributed by atoms with Crippen molar-refractivity contribution in [1.82, 2.24) is 5.32 Å². The molecule has 1 aromatic carbocycles. The van der Waals surface area contributed by atoms with E-state index < -0.39 is 24.7 Å². The van der Waals surface area contributed by atoms with E-state index in [1.807, 2.05) is 27.9 Å². The lowest BCUT2D eigenvalue weighted by atomic mass is 10.2. The fourth-order valence-electron chi connectivity index (χ4n) is 1.07. The molecule has 0 radical (unpaired) electrons. The van der Waals surface area contributed by atoms with Crippen molar-refractivity contribution in [3.63, 3.8) is 0 Å². The molecular formula is C10H8BrF3INO2. The SMILES string of the molecule is O=C(NCC(O)C(F)(F)F)c1cc(I)ccc1Br. The molecule has 0 spiro atoms. The highest BCUT2D eigenvalue weighted by atomic mass is 127. The molecule has 0 aliphatic heterocycles. The van der Waals surface area contributed by atoms with Crippen molar-refractivity contribution in [1.29, 1.82) is 0 Å². The lowest BCUT2D eigenvalue weighted by Crippen LogP contribution is -2.40. The first kappa shape index (κ1) is 15.7. The van der Waals surface area contributed by atoms with Crippen LogP contribution in [-0.2, 0) is 0 Å². The minimum Gasteiger partial charge on any atom is -0.382 e. The summed E-state index contributed by atoms with van der Waals surface area (Å²) in [5, 5.41) is 10.8. The Hall–Kier alpha value is -0.350. The molecule has 8 heteroatoms. The van der Waals surface area contributed by atoms with Gasteiger partial charge in [0.05, 0.1) is 12.1 Å². The van der Waals surface area contributed by atoms with E-state index in [1.54, 1.807) is 12.1 Å². The standard InChI is InChI=1S/C10H8BrF3INO2/c11-7-2-1-5(15)3-6(7)9(18)16-4-8(17)10(12,13)14/h1-3,8,17H,4H2,(H,16,18). The molecule has 1 unspecified atom stereocenters. The van der Waals surface area contributed by atoms with Crippen LogP contribution in [0.1, 0.15) is 10.4 Å². The van der Waals surface area contributed by atoms with Crippen molar-refractivity contribution in [3.8, 4) is 0 Å². The van der Waals surface area contributed by atoms with E-state index in [9.17, 15) is 18.0 Å². The summed E-state index contributed by atoms with van der Waals surface area (Å²) in [7, 11) is 0. The molecular weight excluding hydrogens is 430 g/mol. The Bertz CT molecular complexity index is 453. The van der Waals surface area contributed by atoms with Gasteiger partial charge in [-0.05, 0) is 56.7 Å². The van der Waals surface area contributed by atoms with Crippen LogP contribution in [-0.4, -0.2) is 29.8 Å². The van der Waals surface area contributed by atoms with Gasteiger partial charge in [-0.1, -0.05) is 0 Å². The van der Waals surface area contributed by atoms with Gasteiger partial charge in [0, 0.05) is 8.04 Å². The molecule has 0 aliphatic rings. The summed E-state index contributed by atoms with van der Waals surface area (Å²) in [5.41, 5.74) is 0.219. The van der Waals surface area contributed by atoms with E-state index in [0.717, 1.165) is 3.57 Å². The van der Waals surface area contributed by atoms with Crippen LogP contribution >= 0.6 is 38.5 Å². The van der Waals surface area contributed by atoms with Crippen molar-refractivity contribution in [3.05, 3.63) is 31.8 Å². The molecule has 1 amide bonds. The van der Waals surface area contributed by atoms with E-state index in [0.29, 0.717) is 4.47 Å². The molecule has 1 aromatic rings. The first-order valence-electron chi connectivity index (χ1n) is 4.70. The zero-order valence-electron chi connectivity index (χ0n) is 8.76. The van der Waals surface area contributed by atoms with E-state index in [-0.39, 0.29) is 5.56 Å². The Labute approximate surface area is 123 Å². The van der Waals surface area contributed by atoms with Crippen molar-refractivity contribution < 1.29 is 23.1 Å². The maximum atomic E-state index is 12.0. The van der Waals surface area contributed by atoms with Crippen molar-refractivity contribution >= 4 is 44.4 Å². The molecule has 3 nitrogen and oxygen atoms in total. The van der Waals surface area contributed by atoms with Crippen molar-refractivity contribution in [2.75, 3.05) is 6.54 Å². The molecule has 0 saturated carbocycles. The van der Waals surface area contributed by atoms with E-state index >= 15 is 0 Å². The fraction of sp³-hybridized carbons (Fsp3) is 0.300. The van der Waals surface area contributed by atoms with Gasteiger partial charge in [0.15, 0.2) is 6.10 Å². The molecule has 2 N–H and O–H groups in total. The second kappa shape index (κ2) is 6.20. The Morgan fingerprint density at radius 3 is 2.67 bits per heavy atom. The van der Waals surface area contributed by atoms with E-state index in [2.05, 4.69) is 15.9 Å². The first-order valence-corrected chi connectivity index (χ1v) is 6.57. The zero-order chi connectivity index (χ0) is 13.9. The molecule has 18 heavy (non-hydrogen) atoms. The molecule has 0 aliphatic carbocycles. The molecule has 1 rings (SSSR count). The highest BCUT2D eigenvalue weighted by molar-refractivity contribution is 14.1. The lowest BCUT2D eigenvalue weighted by molar-refractivity contribution is -0.201. The largest absolute Gasteiger partial charge is 0.416 e. The zero-order valence-corrected chi connectivity index (χ0v) is 12.5. The number of nitrogens with one attached hydrogen (secondary N) is 1. The normalized spacial score (nSPS) is 13.2. The van der Waals surface area contributed by atoms with Crippen LogP contribution < -0.4 is 5.32 Å². The van der Waals surface area contributed by atoms with Crippen LogP contribution in [0.2, 0.25) is 0 Å². The van der Waals surface area contributed by atoms with Gasteiger partial charge in [-0.15, -0.1) is 0 Å². The summed E-state index contributed by atoms with van der Waals surface area (Å²) >= 11 is 5.11. The number of carbonyl (C=O) groups is 1. The van der Waals surface area contributed by atoms with Crippen LogP contribution in [0.3, 0.4) is 0 Å². The molecule has 0 bridgehead atoms. The van der Waals surface area contributed by atoms with Gasteiger partial charge < -0.3 is 10.4 Å². The predicted octanol–water partition coefficient (Wildman–Crippen LogP) is 2.71. The molecule has 0 fully saturated rings. The summed E-state index contributed by atoms with van der Waals surface area (Å²) in [5.74, 6) is -0.677. The molecule has 100 valence electrons. The maximum Gasteiger partial charge on any atom is 0.416 e. The van der Waals surface area contributed by atoms with Crippen LogP contribution in [0.25, 0.3) is 0 Å². The fourth-order valence-corrected chi connectivity index (χ4v) is 1.99. The highest BCUT2D eigenvalue weighted by Gasteiger charge is 2.38. The average Bonchev–Trinajstić information content (AvgIpc) is 2.27. The van der Waals surface area contributed by atoms with Crippen LogP contribution in [0.5, 0.6) is 0 Å². The molecule has 0 heterocycles. The Kier molecular flexibility index (Phi) is 5.41. The third-order valence-corrected chi connectivity index (χ3v) is 3.37. The number of carbonyl (C=O) groups excluding carboxylic acids is 1. The lowest BCUT2D eigenvalue weighted by Gasteiger charge is -2.15. The number of rotatable bonds is 3. The van der Waals surface area contributed by atoms with Crippen molar-refractivity contribution in [2.45, 2.75) is 12.3 Å². The number of aliphatic hydroxyl groups is 1. The molecule has 0 aromatic heterocycles. The summed E-state index contributed by atoms with van der Waals surface area (Å²) in [6, 6.07) is 4.89. The first-order chi connectivity index (χ1) is 8.21. The number of halogens is 5. The Morgan fingerprint density at radius 1 is 1.50 bits per heavy atom. The molecule has 1 atom stereocenters. The second-order valence-electron chi connectivity index (χ2n) is 3.39. The number of amides is 1. The number of hydrogen-bond acceptors (Lipinski definition) is 2. The maximum absolute atomic E-state index is 12.0. The molecule has 0 saturated heterocycles. The average molecular weight is 438 g/mol. The van der Waals surface area contributed by atoms with Gasteiger partial charge in [0.2, 0.25) is 0 Å². The number of benzene rings is 1. The minimum atomic E-state index is -4.74. The summed E-state index contributed by atoms with van der Waals surface area (Å²) < 4.78 is 37.4. The Balaban J connectivity index is 2.69. The number of aliphatic hydroxyl groups excluding tert-OH is 1. The quantitative estimate of drug-likeness (QED) is 0.714. The van der Waals surface area contributed by atoms with Gasteiger partial charge in [-0.25, -0.2) is 0 Å². The van der Waals surface area contributed by atoms with Crippen LogP contribution in [0, 0.1) is 3.57 Å². The van der Waals surface area contributed by atoms with Gasteiger partial charge in [0.25, 0.3) is 5.91 Å². The van der Waals surface area contributed by atoms with E-state index in [1.165, 1.54) is 6.07 Å². The van der Waals surface area contributed by atoms with Gasteiger partial charge in [-0.3, -0.25) is 4.79 Å². The smallest absolute Gasteiger partial charge is 0.382 e. The minimum absolute atomic E-state index is 0.219. The van der Waals surface area contributed by atoms with Crippen LogP contribution in [0.4, 0.5) is 13.2 Å². The van der Waals surface area contributed by atoms with Crippen LogP contribution in [0.15, 0.2) is 22.7 Å². The number of alkyl halides is 3. The Morgan fingerprint density at radius 2 is 2.11 bits per heavy atom. The number of hydrogen-bond donors (Lipinski definition) is 2. The van der Waals surface area contributed by atoms with E-state index in [4.69, 9.17) is 5.11 Å².